The van der Waals surface area contributed by atoms with Gasteiger partial charge in [0.15, 0.2) is 0 Å². The van der Waals surface area contributed by atoms with E-state index in [1.165, 1.54) is 13.0 Å². The largest absolute Gasteiger partial charge is 0.480 e. The minimum Gasteiger partial charge on any atom is -0.480 e. The SMILES string of the molecule is Cc1ccc(F)c(C(=O)N(CC(=O)O)CC(C)C)c1F. The van der Waals surface area contributed by atoms with E-state index in [1.807, 2.05) is 0 Å². The molecule has 0 fully saturated rings. The van der Waals surface area contributed by atoms with Crippen LogP contribution in [-0.2, 0) is 4.79 Å². The molecule has 20 heavy (non-hydrogen) atoms. The molecule has 0 saturated heterocycles. The standard InChI is InChI=1S/C14H17F2NO3/c1-8(2)6-17(7-11(18)19)14(20)12-10(15)5-4-9(3)13(12)16/h4-5,8H,6-7H2,1-3H3,(H,18,19). The molecule has 1 rings (SSSR count). The van der Waals surface area contributed by atoms with E-state index in [9.17, 15) is 18.4 Å². The van der Waals surface area contributed by atoms with E-state index in [0.29, 0.717) is 0 Å². The Bertz CT molecular complexity index is 529. The molecule has 1 N–H and O–H groups in total. The van der Waals surface area contributed by atoms with Gasteiger partial charge in [-0.2, -0.15) is 0 Å². The third-order valence-corrected chi connectivity index (χ3v) is 2.70. The van der Waals surface area contributed by atoms with Crippen molar-refractivity contribution in [2.24, 2.45) is 5.92 Å². The van der Waals surface area contributed by atoms with Gasteiger partial charge < -0.3 is 10.0 Å². The van der Waals surface area contributed by atoms with Crippen LogP contribution in [0, 0.1) is 24.5 Å². The molecule has 1 aromatic rings. The first kappa shape index (κ1) is 16.1. The zero-order chi connectivity index (χ0) is 15.4. The number of aryl methyl sites for hydroxylation is 1. The van der Waals surface area contributed by atoms with E-state index in [2.05, 4.69) is 0 Å². The van der Waals surface area contributed by atoms with E-state index in [-0.39, 0.29) is 18.0 Å². The van der Waals surface area contributed by atoms with Gasteiger partial charge in [0.2, 0.25) is 0 Å². The molecule has 4 nitrogen and oxygen atoms in total. The van der Waals surface area contributed by atoms with Gasteiger partial charge in [0, 0.05) is 6.54 Å². The van der Waals surface area contributed by atoms with Crippen LogP contribution in [0.3, 0.4) is 0 Å². The van der Waals surface area contributed by atoms with Crippen molar-refractivity contribution in [3.63, 3.8) is 0 Å². The van der Waals surface area contributed by atoms with Gasteiger partial charge in [-0.05, 0) is 24.5 Å². The lowest BCUT2D eigenvalue weighted by Gasteiger charge is -2.23. The number of rotatable bonds is 5. The van der Waals surface area contributed by atoms with Crippen LogP contribution in [0.25, 0.3) is 0 Å². The normalized spacial score (nSPS) is 10.7. The Hall–Kier alpha value is -1.98. The van der Waals surface area contributed by atoms with Crippen LogP contribution in [0.1, 0.15) is 29.8 Å². The predicted molar refractivity (Wildman–Crippen MR) is 69.5 cm³/mol. The van der Waals surface area contributed by atoms with Crippen LogP contribution >= 0.6 is 0 Å². The number of benzene rings is 1. The third-order valence-electron chi connectivity index (χ3n) is 2.70. The molecule has 0 atom stereocenters. The van der Waals surface area contributed by atoms with Gasteiger partial charge in [-0.25, -0.2) is 8.78 Å². The van der Waals surface area contributed by atoms with Crippen molar-refractivity contribution in [3.8, 4) is 0 Å². The lowest BCUT2D eigenvalue weighted by atomic mass is 10.1. The van der Waals surface area contributed by atoms with Crippen molar-refractivity contribution >= 4 is 11.9 Å². The van der Waals surface area contributed by atoms with E-state index in [0.717, 1.165) is 11.0 Å². The maximum absolute atomic E-state index is 13.9. The zero-order valence-electron chi connectivity index (χ0n) is 11.6. The zero-order valence-corrected chi connectivity index (χ0v) is 11.6. The van der Waals surface area contributed by atoms with Gasteiger partial charge in [-0.3, -0.25) is 9.59 Å². The van der Waals surface area contributed by atoms with Crippen molar-refractivity contribution in [1.82, 2.24) is 4.90 Å². The van der Waals surface area contributed by atoms with Crippen LogP contribution in [-0.4, -0.2) is 35.0 Å². The van der Waals surface area contributed by atoms with Gasteiger partial charge in [-0.15, -0.1) is 0 Å². The monoisotopic (exact) mass is 285 g/mol. The highest BCUT2D eigenvalue weighted by Gasteiger charge is 2.26. The molecule has 0 saturated carbocycles. The van der Waals surface area contributed by atoms with Gasteiger partial charge in [0.25, 0.3) is 5.91 Å². The molecule has 0 heterocycles. The number of amides is 1. The summed E-state index contributed by atoms with van der Waals surface area (Å²) in [6.07, 6.45) is 0. The molecule has 0 aliphatic rings. The van der Waals surface area contributed by atoms with Gasteiger partial charge in [0.1, 0.15) is 23.7 Å². The number of nitrogens with zero attached hydrogens (tertiary/aromatic N) is 1. The highest BCUT2D eigenvalue weighted by Crippen LogP contribution is 2.19. The summed E-state index contributed by atoms with van der Waals surface area (Å²) in [4.78, 5) is 23.9. The molecule has 0 unspecified atom stereocenters. The molecule has 0 spiro atoms. The second-order valence-corrected chi connectivity index (χ2v) is 5.03. The van der Waals surface area contributed by atoms with Gasteiger partial charge in [-0.1, -0.05) is 19.9 Å². The summed E-state index contributed by atoms with van der Waals surface area (Å²) in [5, 5.41) is 8.80. The summed E-state index contributed by atoms with van der Waals surface area (Å²) in [6, 6.07) is 2.23. The molecule has 0 aliphatic carbocycles. The van der Waals surface area contributed by atoms with E-state index in [4.69, 9.17) is 5.11 Å². The second kappa shape index (κ2) is 6.45. The van der Waals surface area contributed by atoms with Crippen LogP contribution in [0.2, 0.25) is 0 Å². The Morgan fingerprint density at radius 1 is 1.30 bits per heavy atom. The van der Waals surface area contributed by atoms with Crippen LogP contribution in [0.15, 0.2) is 12.1 Å². The topological polar surface area (TPSA) is 57.6 Å². The number of hydrogen-bond acceptors (Lipinski definition) is 2. The summed E-state index contributed by atoms with van der Waals surface area (Å²) in [5.41, 5.74) is -0.568. The van der Waals surface area contributed by atoms with Crippen LogP contribution in [0.4, 0.5) is 8.78 Å². The van der Waals surface area contributed by atoms with Crippen molar-refractivity contribution in [2.75, 3.05) is 13.1 Å². The lowest BCUT2D eigenvalue weighted by molar-refractivity contribution is -0.137. The first-order valence-corrected chi connectivity index (χ1v) is 6.19. The fourth-order valence-electron chi connectivity index (χ4n) is 1.83. The maximum atomic E-state index is 13.9. The molecule has 0 radical (unpaired) electrons. The second-order valence-electron chi connectivity index (χ2n) is 5.03. The van der Waals surface area contributed by atoms with E-state index >= 15 is 0 Å². The maximum Gasteiger partial charge on any atom is 0.323 e. The van der Waals surface area contributed by atoms with Crippen molar-refractivity contribution in [2.45, 2.75) is 20.8 Å². The summed E-state index contributed by atoms with van der Waals surface area (Å²) in [5.74, 6) is -4.13. The number of hydrogen-bond donors (Lipinski definition) is 1. The number of aliphatic carboxylic acids is 1. The molecular weight excluding hydrogens is 268 g/mol. The van der Waals surface area contributed by atoms with Crippen molar-refractivity contribution in [1.29, 1.82) is 0 Å². The van der Waals surface area contributed by atoms with Crippen molar-refractivity contribution < 1.29 is 23.5 Å². The lowest BCUT2D eigenvalue weighted by Crippen LogP contribution is -2.39. The Labute approximate surface area is 116 Å². The van der Waals surface area contributed by atoms with E-state index < -0.39 is 35.6 Å². The third kappa shape index (κ3) is 3.76. The molecule has 6 heteroatoms. The van der Waals surface area contributed by atoms with Crippen molar-refractivity contribution in [3.05, 3.63) is 34.9 Å². The van der Waals surface area contributed by atoms with Gasteiger partial charge >= 0.3 is 5.97 Å². The Balaban J connectivity index is 3.18. The first-order valence-electron chi connectivity index (χ1n) is 6.19. The molecule has 1 amide bonds. The summed E-state index contributed by atoms with van der Waals surface area (Å²) in [7, 11) is 0. The molecule has 0 aliphatic heterocycles. The molecule has 1 aromatic carbocycles. The Morgan fingerprint density at radius 2 is 1.90 bits per heavy atom. The average molecular weight is 285 g/mol. The minimum absolute atomic E-state index is 0.0192. The molecule has 0 aromatic heterocycles. The number of carbonyl (C=O) groups excluding carboxylic acids is 1. The fourth-order valence-corrected chi connectivity index (χ4v) is 1.83. The predicted octanol–water partition coefficient (Wildman–Crippen LogP) is 2.46. The minimum atomic E-state index is -1.23. The highest BCUT2D eigenvalue weighted by atomic mass is 19.1. The Morgan fingerprint density at radius 3 is 2.40 bits per heavy atom. The van der Waals surface area contributed by atoms with E-state index in [1.54, 1.807) is 13.8 Å². The number of halogens is 2. The quantitative estimate of drug-likeness (QED) is 0.904. The average Bonchev–Trinajstić information content (AvgIpc) is 2.32. The summed E-state index contributed by atoms with van der Waals surface area (Å²) < 4.78 is 27.6. The molecule has 0 bridgehead atoms. The van der Waals surface area contributed by atoms with Crippen LogP contribution < -0.4 is 0 Å². The summed E-state index contributed by atoms with van der Waals surface area (Å²) in [6.45, 7) is 4.49. The Kier molecular flexibility index (Phi) is 5.19. The molecule has 110 valence electrons. The number of carboxylic acid groups (broad SMARTS) is 1. The smallest absolute Gasteiger partial charge is 0.323 e. The number of carbonyl (C=O) groups is 2. The van der Waals surface area contributed by atoms with Gasteiger partial charge in [0.05, 0.1) is 0 Å². The highest BCUT2D eigenvalue weighted by molar-refractivity contribution is 5.96. The first-order chi connectivity index (χ1) is 9.23. The van der Waals surface area contributed by atoms with Crippen LogP contribution in [0.5, 0.6) is 0 Å². The number of carboxylic acids is 1. The fraction of sp³-hybridized carbons (Fsp3) is 0.429. The molecular formula is C14H17F2NO3. The summed E-state index contributed by atoms with van der Waals surface area (Å²) >= 11 is 0.